The highest BCUT2D eigenvalue weighted by Crippen LogP contribution is 2.37. The zero-order valence-electron chi connectivity index (χ0n) is 12.2. The van der Waals surface area contributed by atoms with Crippen molar-refractivity contribution in [3.63, 3.8) is 0 Å². The average molecular weight is 252 g/mol. The summed E-state index contributed by atoms with van der Waals surface area (Å²) in [5, 5.41) is 0. The van der Waals surface area contributed by atoms with Gasteiger partial charge in [-0.1, -0.05) is 0 Å². The van der Waals surface area contributed by atoms with Crippen LogP contribution in [0.25, 0.3) is 0 Å². The molecule has 0 saturated carbocycles. The van der Waals surface area contributed by atoms with Gasteiger partial charge in [-0.15, -0.1) is 0 Å². The van der Waals surface area contributed by atoms with Crippen molar-refractivity contribution in [2.75, 3.05) is 32.7 Å². The number of ether oxygens (including phenoxy) is 2. The summed E-state index contributed by atoms with van der Waals surface area (Å²) >= 11 is 0. The molecule has 0 bridgehead atoms. The highest BCUT2D eigenvalue weighted by molar-refractivity contribution is 5.64. The van der Waals surface area contributed by atoms with Gasteiger partial charge in [-0.05, 0) is 32.4 Å². The standard InChI is InChI=1S/C14H24N2O2/c1-10-7-13(18-6)11(8-12(10)17-5)16(4)14(2,3)9-15/h7-8H,9,15H2,1-6H3. The first-order chi connectivity index (χ1) is 8.37. The fourth-order valence-corrected chi connectivity index (χ4v) is 1.76. The third-order valence-electron chi connectivity index (χ3n) is 3.47. The lowest BCUT2D eigenvalue weighted by Gasteiger charge is -2.37. The Morgan fingerprint density at radius 3 is 2.17 bits per heavy atom. The predicted molar refractivity (Wildman–Crippen MR) is 75.8 cm³/mol. The number of hydrogen-bond acceptors (Lipinski definition) is 4. The molecule has 1 aromatic rings. The Morgan fingerprint density at radius 1 is 1.17 bits per heavy atom. The number of nitrogens with two attached hydrogens (primary N) is 1. The molecule has 0 atom stereocenters. The summed E-state index contributed by atoms with van der Waals surface area (Å²) < 4.78 is 10.8. The molecule has 4 nitrogen and oxygen atoms in total. The van der Waals surface area contributed by atoms with E-state index in [2.05, 4.69) is 18.7 Å². The zero-order valence-corrected chi connectivity index (χ0v) is 12.2. The van der Waals surface area contributed by atoms with Crippen molar-refractivity contribution >= 4 is 5.69 Å². The first kappa shape index (κ1) is 14.6. The van der Waals surface area contributed by atoms with Crippen LogP contribution in [0, 0.1) is 6.92 Å². The maximum Gasteiger partial charge on any atom is 0.142 e. The average Bonchev–Trinajstić information content (AvgIpc) is 2.37. The summed E-state index contributed by atoms with van der Waals surface area (Å²) in [5.41, 5.74) is 7.71. The minimum absolute atomic E-state index is 0.145. The Kier molecular flexibility index (Phi) is 4.46. The molecule has 0 saturated heterocycles. The van der Waals surface area contributed by atoms with Crippen LogP contribution in [0.1, 0.15) is 19.4 Å². The summed E-state index contributed by atoms with van der Waals surface area (Å²) in [6, 6.07) is 3.98. The molecule has 0 unspecified atom stereocenters. The summed E-state index contributed by atoms with van der Waals surface area (Å²) in [6.45, 7) is 6.75. The lowest BCUT2D eigenvalue weighted by Crippen LogP contribution is -2.47. The molecule has 0 aromatic heterocycles. The van der Waals surface area contributed by atoms with E-state index >= 15 is 0 Å². The molecule has 2 N–H and O–H groups in total. The zero-order chi connectivity index (χ0) is 13.9. The fourth-order valence-electron chi connectivity index (χ4n) is 1.76. The van der Waals surface area contributed by atoms with Gasteiger partial charge in [-0.2, -0.15) is 0 Å². The van der Waals surface area contributed by atoms with Crippen LogP contribution in [0.4, 0.5) is 5.69 Å². The van der Waals surface area contributed by atoms with E-state index in [9.17, 15) is 0 Å². The molecule has 0 amide bonds. The lowest BCUT2D eigenvalue weighted by atomic mass is 10.0. The number of methoxy groups -OCH3 is 2. The number of rotatable bonds is 5. The van der Waals surface area contributed by atoms with E-state index in [1.165, 1.54) is 0 Å². The first-order valence-corrected chi connectivity index (χ1v) is 6.04. The molecule has 0 aliphatic rings. The first-order valence-electron chi connectivity index (χ1n) is 6.04. The van der Waals surface area contributed by atoms with Crippen molar-refractivity contribution in [2.45, 2.75) is 26.3 Å². The van der Waals surface area contributed by atoms with Crippen LogP contribution < -0.4 is 20.1 Å². The number of nitrogens with zero attached hydrogens (tertiary/aromatic N) is 1. The number of benzene rings is 1. The number of hydrogen-bond donors (Lipinski definition) is 1. The highest BCUT2D eigenvalue weighted by Gasteiger charge is 2.25. The Hall–Kier alpha value is -1.42. The molecule has 0 heterocycles. The molecule has 0 fully saturated rings. The van der Waals surface area contributed by atoms with E-state index in [-0.39, 0.29) is 5.54 Å². The maximum absolute atomic E-state index is 5.82. The van der Waals surface area contributed by atoms with Crippen molar-refractivity contribution in [2.24, 2.45) is 5.73 Å². The van der Waals surface area contributed by atoms with Crippen LogP contribution in [0.15, 0.2) is 12.1 Å². The maximum atomic E-state index is 5.82. The van der Waals surface area contributed by atoms with Gasteiger partial charge >= 0.3 is 0 Å². The van der Waals surface area contributed by atoms with E-state index in [4.69, 9.17) is 15.2 Å². The van der Waals surface area contributed by atoms with Crippen molar-refractivity contribution < 1.29 is 9.47 Å². The van der Waals surface area contributed by atoms with Gasteiger partial charge in [0.15, 0.2) is 0 Å². The predicted octanol–water partition coefficient (Wildman–Crippen LogP) is 2.19. The smallest absolute Gasteiger partial charge is 0.142 e. The van der Waals surface area contributed by atoms with Gasteiger partial charge < -0.3 is 20.1 Å². The molecule has 0 radical (unpaired) electrons. The van der Waals surface area contributed by atoms with Gasteiger partial charge in [0, 0.05) is 25.2 Å². The molecule has 1 rings (SSSR count). The van der Waals surface area contributed by atoms with Gasteiger partial charge in [0.25, 0.3) is 0 Å². The third kappa shape index (κ3) is 2.70. The minimum Gasteiger partial charge on any atom is -0.496 e. The van der Waals surface area contributed by atoms with Crippen LogP contribution >= 0.6 is 0 Å². The topological polar surface area (TPSA) is 47.7 Å². The fraction of sp³-hybridized carbons (Fsp3) is 0.571. The summed E-state index contributed by atoms with van der Waals surface area (Å²) in [5.74, 6) is 1.68. The molecular formula is C14H24N2O2. The van der Waals surface area contributed by atoms with Gasteiger partial charge in [0.05, 0.1) is 19.9 Å². The van der Waals surface area contributed by atoms with E-state index in [1.807, 2.05) is 26.1 Å². The van der Waals surface area contributed by atoms with E-state index in [1.54, 1.807) is 14.2 Å². The molecular weight excluding hydrogens is 228 g/mol. The molecule has 0 spiro atoms. The second-order valence-corrected chi connectivity index (χ2v) is 5.07. The van der Waals surface area contributed by atoms with Crippen LogP contribution in [-0.4, -0.2) is 33.4 Å². The monoisotopic (exact) mass is 252 g/mol. The minimum atomic E-state index is -0.145. The largest absolute Gasteiger partial charge is 0.496 e. The Bertz CT molecular complexity index is 417. The van der Waals surface area contributed by atoms with Crippen LogP contribution in [0.5, 0.6) is 11.5 Å². The summed E-state index contributed by atoms with van der Waals surface area (Å²) in [4.78, 5) is 2.12. The SMILES string of the molecule is COc1cc(N(C)C(C)(C)CN)c(OC)cc1C. The lowest BCUT2D eigenvalue weighted by molar-refractivity contribution is 0.396. The summed E-state index contributed by atoms with van der Waals surface area (Å²) in [6.07, 6.45) is 0. The molecule has 18 heavy (non-hydrogen) atoms. The van der Waals surface area contributed by atoms with Crippen LogP contribution in [0.2, 0.25) is 0 Å². The van der Waals surface area contributed by atoms with Gasteiger partial charge in [-0.25, -0.2) is 0 Å². The highest BCUT2D eigenvalue weighted by atomic mass is 16.5. The molecule has 4 heteroatoms. The van der Waals surface area contributed by atoms with Crippen molar-refractivity contribution in [3.05, 3.63) is 17.7 Å². The van der Waals surface area contributed by atoms with Crippen LogP contribution in [0.3, 0.4) is 0 Å². The Labute approximate surface area is 110 Å². The van der Waals surface area contributed by atoms with Crippen molar-refractivity contribution in [3.8, 4) is 11.5 Å². The van der Waals surface area contributed by atoms with Gasteiger partial charge in [-0.3, -0.25) is 0 Å². The molecule has 0 aliphatic heterocycles. The Morgan fingerprint density at radius 2 is 1.72 bits per heavy atom. The second-order valence-electron chi connectivity index (χ2n) is 5.07. The second kappa shape index (κ2) is 5.48. The summed E-state index contributed by atoms with van der Waals surface area (Å²) in [7, 11) is 5.36. The van der Waals surface area contributed by atoms with Crippen molar-refractivity contribution in [1.82, 2.24) is 0 Å². The van der Waals surface area contributed by atoms with Crippen LogP contribution in [-0.2, 0) is 0 Å². The van der Waals surface area contributed by atoms with Crippen molar-refractivity contribution in [1.29, 1.82) is 0 Å². The number of likely N-dealkylation sites (N-methyl/N-ethyl adjacent to an activating group) is 1. The van der Waals surface area contributed by atoms with E-state index < -0.39 is 0 Å². The number of anilines is 1. The van der Waals surface area contributed by atoms with E-state index in [0.29, 0.717) is 6.54 Å². The molecule has 102 valence electrons. The molecule has 0 aliphatic carbocycles. The quantitative estimate of drug-likeness (QED) is 0.872. The molecule has 1 aromatic carbocycles. The van der Waals surface area contributed by atoms with Gasteiger partial charge in [0.1, 0.15) is 11.5 Å². The normalized spacial score (nSPS) is 11.3. The van der Waals surface area contributed by atoms with E-state index in [0.717, 1.165) is 22.7 Å². The number of aryl methyl sites for hydroxylation is 1. The third-order valence-corrected chi connectivity index (χ3v) is 3.47. The Balaban J connectivity index is 3.29. The van der Waals surface area contributed by atoms with Gasteiger partial charge in [0.2, 0.25) is 0 Å².